The van der Waals surface area contributed by atoms with Gasteiger partial charge in [-0.3, -0.25) is 0 Å². The summed E-state index contributed by atoms with van der Waals surface area (Å²) in [6.07, 6.45) is 9.74. The third kappa shape index (κ3) is 1.54. The van der Waals surface area contributed by atoms with Crippen molar-refractivity contribution in [2.45, 2.75) is 50.4 Å². The van der Waals surface area contributed by atoms with Gasteiger partial charge in [-0.25, -0.2) is 0 Å². The molecule has 0 saturated heterocycles. The third-order valence-corrected chi connectivity index (χ3v) is 6.75. The van der Waals surface area contributed by atoms with Crippen molar-refractivity contribution < 1.29 is 0 Å². The van der Waals surface area contributed by atoms with E-state index in [1.807, 2.05) is 0 Å². The maximum Gasteiger partial charge on any atom is 0.0270 e. The van der Waals surface area contributed by atoms with Crippen LogP contribution in [0.4, 0.5) is 0 Å². The fourth-order valence-corrected chi connectivity index (χ4v) is 6.03. The largest absolute Gasteiger partial charge is 0.0620 e. The molecule has 0 aromatic heterocycles. The molecule has 0 amide bonds. The van der Waals surface area contributed by atoms with Crippen molar-refractivity contribution in [3.8, 4) is 0 Å². The first kappa shape index (κ1) is 12.9. The minimum Gasteiger partial charge on any atom is -0.0620 e. The Kier molecular flexibility index (Phi) is 2.77. The smallest absolute Gasteiger partial charge is 0.0270 e. The summed E-state index contributed by atoms with van der Waals surface area (Å²) in [7, 11) is 0. The van der Waals surface area contributed by atoms with Crippen LogP contribution in [-0.2, 0) is 18.3 Å². The predicted molar refractivity (Wildman–Crippen MR) is 91.1 cm³/mol. The molecule has 3 aliphatic rings. The Morgan fingerprint density at radius 2 is 1.14 bits per heavy atom. The molecule has 0 bridgehead atoms. The van der Waals surface area contributed by atoms with Crippen LogP contribution in [-0.4, -0.2) is 0 Å². The molecule has 1 fully saturated rings. The minimum absolute atomic E-state index is 0.341. The van der Waals surface area contributed by atoms with E-state index in [9.17, 15) is 0 Å². The summed E-state index contributed by atoms with van der Waals surface area (Å²) in [6.45, 7) is 0. The molecule has 3 aliphatic carbocycles. The van der Waals surface area contributed by atoms with Gasteiger partial charge in [0.1, 0.15) is 0 Å². The standard InChI is InChI=1S/C22H24/c1-2-10-18-14-16-8-4-6-12-20(16)22(18)19(11-3-1)15-17-9-5-7-13-21(17)22/h4-9,12-13,18-19H,1-3,10-11,14-15H2/t18-,19?,22?/m1/s1. The summed E-state index contributed by atoms with van der Waals surface area (Å²) in [4.78, 5) is 0. The van der Waals surface area contributed by atoms with E-state index in [1.54, 1.807) is 22.3 Å². The van der Waals surface area contributed by atoms with Crippen molar-refractivity contribution in [1.29, 1.82) is 0 Å². The molecule has 0 radical (unpaired) electrons. The van der Waals surface area contributed by atoms with E-state index in [2.05, 4.69) is 48.5 Å². The lowest BCUT2D eigenvalue weighted by molar-refractivity contribution is 0.204. The fourth-order valence-electron chi connectivity index (χ4n) is 6.03. The van der Waals surface area contributed by atoms with Gasteiger partial charge in [-0.15, -0.1) is 0 Å². The molecule has 0 heteroatoms. The van der Waals surface area contributed by atoms with Gasteiger partial charge in [0, 0.05) is 5.41 Å². The zero-order valence-electron chi connectivity index (χ0n) is 13.2. The number of hydrogen-bond donors (Lipinski definition) is 0. The maximum atomic E-state index is 2.45. The third-order valence-electron chi connectivity index (χ3n) is 6.75. The molecule has 2 aromatic rings. The lowest BCUT2D eigenvalue weighted by atomic mass is 9.61. The van der Waals surface area contributed by atoms with Crippen LogP contribution in [0.15, 0.2) is 48.5 Å². The summed E-state index contributed by atoms with van der Waals surface area (Å²) in [5.74, 6) is 1.66. The van der Waals surface area contributed by atoms with Gasteiger partial charge in [0.25, 0.3) is 0 Å². The zero-order chi connectivity index (χ0) is 14.6. The Morgan fingerprint density at radius 1 is 0.636 bits per heavy atom. The highest BCUT2D eigenvalue weighted by Gasteiger charge is 2.56. The Morgan fingerprint density at radius 3 is 1.68 bits per heavy atom. The van der Waals surface area contributed by atoms with Crippen LogP contribution in [0.2, 0.25) is 0 Å². The highest BCUT2D eigenvalue weighted by Crippen LogP contribution is 2.60. The Labute approximate surface area is 133 Å². The molecular weight excluding hydrogens is 264 g/mol. The highest BCUT2D eigenvalue weighted by molar-refractivity contribution is 5.56. The molecule has 0 nitrogen and oxygen atoms in total. The minimum atomic E-state index is 0.341. The van der Waals surface area contributed by atoms with Crippen LogP contribution in [0.1, 0.15) is 54.4 Å². The predicted octanol–water partition coefficient (Wildman–Crippen LogP) is 5.28. The molecule has 112 valence electrons. The van der Waals surface area contributed by atoms with E-state index >= 15 is 0 Å². The van der Waals surface area contributed by atoms with Gasteiger partial charge < -0.3 is 0 Å². The van der Waals surface area contributed by atoms with E-state index in [0.29, 0.717) is 5.41 Å². The van der Waals surface area contributed by atoms with Gasteiger partial charge in [0.05, 0.1) is 0 Å². The normalized spacial score (nSPS) is 32.4. The van der Waals surface area contributed by atoms with Crippen LogP contribution in [0.3, 0.4) is 0 Å². The van der Waals surface area contributed by atoms with Crippen LogP contribution in [0.5, 0.6) is 0 Å². The van der Waals surface area contributed by atoms with Crippen LogP contribution < -0.4 is 0 Å². The number of hydrogen-bond acceptors (Lipinski definition) is 0. The van der Waals surface area contributed by atoms with E-state index in [1.165, 1.54) is 44.9 Å². The molecule has 1 spiro atoms. The first-order chi connectivity index (χ1) is 10.9. The molecule has 0 N–H and O–H groups in total. The van der Waals surface area contributed by atoms with Gasteiger partial charge in [0.15, 0.2) is 0 Å². The van der Waals surface area contributed by atoms with Crippen molar-refractivity contribution in [3.63, 3.8) is 0 Å². The lowest BCUT2D eigenvalue weighted by Gasteiger charge is -2.41. The summed E-state index contributed by atoms with van der Waals surface area (Å²) in [6, 6.07) is 18.7. The molecule has 3 atom stereocenters. The number of fused-ring (bicyclic) bond motifs is 2. The topological polar surface area (TPSA) is 0 Å². The van der Waals surface area contributed by atoms with Crippen molar-refractivity contribution in [2.24, 2.45) is 11.8 Å². The summed E-state index contributed by atoms with van der Waals surface area (Å²) in [5.41, 5.74) is 6.97. The molecule has 2 unspecified atom stereocenters. The Bertz CT molecular complexity index is 650. The fraction of sp³-hybridized carbons (Fsp3) is 0.455. The SMILES string of the molecule is c1ccc2c(c1)CC1CCCCC[C@@H]3Cc4ccccc4C213. The molecule has 5 rings (SSSR count). The lowest BCUT2D eigenvalue weighted by Crippen LogP contribution is -2.38. The van der Waals surface area contributed by atoms with Crippen LogP contribution in [0.25, 0.3) is 0 Å². The van der Waals surface area contributed by atoms with Gasteiger partial charge >= 0.3 is 0 Å². The average molecular weight is 288 g/mol. The first-order valence-electron chi connectivity index (χ1n) is 9.07. The maximum absolute atomic E-state index is 2.45. The highest BCUT2D eigenvalue weighted by atomic mass is 14.6. The summed E-state index contributed by atoms with van der Waals surface area (Å²) < 4.78 is 0. The van der Waals surface area contributed by atoms with E-state index in [-0.39, 0.29) is 0 Å². The van der Waals surface area contributed by atoms with Crippen molar-refractivity contribution in [3.05, 3.63) is 70.8 Å². The quantitative estimate of drug-likeness (QED) is 0.618. The summed E-state index contributed by atoms with van der Waals surface area (Å²) in [5, 5.41) is 0. The molecule has 0 heterocycles. The monoisotopic (exact) mass is 288 g/mol. The summed E-state index contributed by atoms with van der Waals surface area (Å²) >= 11 is 0. The molecule has 22 heavy (non-hydrogen) atoms. The first-order valence-corrected chi connectivity index (χ1v) is 9.07. The van der Waals surface area contributed by atoms with Gasteiger partial charge in [0.2, 0.25) is 0 Å². The Hall–Kier alpha value is -1.56. The molecule has 0 aliphatic heterocycles. The second kappa shape index (κ2) is 4.72. The van der Waals surface area contributed by atoms with Crippen molar-refractivity contribution in [2.75, 3.05) is 0 Å². The van der Waals surface area contributed by atoms with E-state index in [0.717, 1.165) is 11.8 Å². The Balaban J connectivity index is 1.80. The zero-order valence-corrected chi connectivity index (χ0v) is 13.2. The van der Waals surface area contributed by atoms with Gasteiger partial charge in [-0.05, 0) is 59.8 Å². The van der Waals surface area contributed by atoms with Gasteiger partial charge in [-0.2, -0.15) is 0 Å². The van der Waals surface area contributed by atoms with Crippen LogP contribution >= 0.6 is 0 Å². The second-order valence-corrected chi connectivity index (χ2v) is 7.62. The van der Waals surface area contributed by atoms with Crippen LogP contribution in [0, 0.1) is 11.8 Å². The van der Waals surface area contributed by atoms with Gasteiger partial charge in [-0.1, -0.05) is 67.8 Å². The van der Waals surface area contributed by atoms with E-state index < -0.39 is 0 Å². The van der Waals surface area contributed by atoms with Crippen molar-refractivity contribution >= 4 is 0 Å². The molecule has 2 aromatic carbocycles. The number of rotatable bonds is 0. The second-order valence-electron chi connectivity index (χ2n) is 7.62. The molecule has 1 saturated carbocycles. The average Bonchev–Trinajstić information content (AvgIpc) is 3.03. The number of benzene rings is 2. The molecular formula is C22H24. The van der Waals surface area contributed by atoms with E-state index in [4.69, 9.17) is 0 Å². The van der Waals surface area contributed by atoms with Crippen molar-refractivity contribution in [1.82, 2.24) is 0 Å².